The highest BCUT2D eigenvalue weighted by molar-refractivity contribution is 5.76. The van der Waals surface area contributed by atoms with Crippen LogP contribution in [0.3, 0.4) is 0 Å². The molecule has 0 radical (unpaired) electrons. The minimum Gasteiger partial charge on any atom is -0.394 e. The fourth-order valence-corrected chi connectivity index (χ4v) is 14.4. The van der Waals surface area contributed by atoms with Crippen molar-refractivity contribution in [2.75, 3.05) is 26.4 Å². The fourth-order valence-electron chi connectivity index (χ4n) is 14.4. The van der Waals surface area contributed by atoms with E-state index in [9.17, 15) is 61.0 Å². The van der Waals surface area contributed by atoms with Gasteiger partial charge in [-0.05, 0) is 77.0 Å². The highest BCUT2D eigenvalue weighted by atomic mass is 16.8. The lowest BCUT2D eigenvalue weighted by Gasteiger charge is -2.48. The lowest BCUT2D eigenvalue weighted by atomic mass is 9.96. The van der Waals surface area contributed by atoms with Crippen LogP contribution in [0.25, 0.3) is 0 Å². The summed E-state index contributed by atoms with van der Waals surface area (Å²) in [5.41, 5.74) is 0. The third kappa shape index (κ3) is 48.0. The first kappa shape index (κ1) is 99.9. The number of carbonyl (C=O) groups is 1. The van der Waals surface area contributed by atoms with Crippen molar-refractivity contribution in [3.8, 4) is 0 Å². The van der Waals surface area contributed by atoms with Gasteiger partial charge < -0.3 is 89.9 Å². The van der Waals surface area contributed by atoms with Gasteiger partial charge in [-0.3, -0.25) is 4.79 Å². The number of hydrogen-bond acceptors (Lipinski definition) is 18. The summed E-state index contributed by atoms with van der Waals surface area (Å²) in [6.45, 7) is 1.66. The van der Waals surface area contributed by atoms with Gasteiger partial charge in [0.05, 0.1) is 38.6 Å². The van der Waals surface area contributed by atoms with E-state index in [1.165, 1.54) is 218 Å². The number of ether oxygens (including phenoxy) is 6. The second-order valence-corrected chi connectivity index (χ2v) is 31.0. The molecule has 12 N–H and O–H groups in total. The van der Waals surface area contributed by atoms with E-state index in [2.05, 4.69) is 104 Å². The van der Waals surface area contributed by atoms with Crippen molar-refractivity contribution >= 4 is 5.91 Å². The molecule has 17 atom stereocenters. The van der Waals surface area contributed by atoms with E-state index in [4.69, 9.17) is 28.4 Å². The molecule has 3 heterocycles. The van der Waals surface area contributed by atoms with E-state index in [1.807, 2.05) is 6.08 Å². The molecule has 632 valence electrons. The largest absolute Gasteiger partial charge is 0.394 e. The zero-order chi connectivity index (χ0) is 78.8. The number of carbonyl (C=O) groups excluding carboxylic acids is 1. The van der Waals surface area contributed by atoms with E-state index >= 15 is 0 Å². The first-order valence-electron chi connectivity index (χ1n) is 44.0. The van der Waals surface area contributed by atoms with E-state index in [0.717, 1.165) is 89.9 Å². The SMILES string of the molecule is CC/C=C\C/C=C\C/C=C\C/C=C\C/C=C\C/C=C\C/C=C\CCCCCCCCCCCCCCCCCCCC(=O)NC(COC1OC(CO)C(OC2OC(CO)C(OC3OC(CO)C(O)C(O)C3O)C(O)C2O)C(O)C1O)C(O)/C=C/CCCCCCCCCCCCCCCCCCCCCCCCC. The van der Waals surface area contributed by atoms with E-state index in [-0.39, 0.29) is 18.9 Å². The van der Waals surface area contributed by atoms with Gasteiger partial charge in [-0.2, -0.15) is 0 Å². The molecule has 0 spiro atoms. The van der Waals surface area contributed by atoms with Gasteiger partial charge in [-0.1, -0.05) is 349 Å². The van der Waals surface area contributed by atoms with Gasteiger partial charge >= 0.3 is 0 Å². The molecule has 0 aromatic heterocycles. The molecule has 0 saturated carbocycles. The van der Waals surface area contributed by atoms with Crippen LogP contribution in [0, 0.1) is 0 Å². The van der Waals surface area contributed by atoms with Crippen LogP contribution in [0.2, 0.25) is 0 Å². The van der Waals surface area contributed by atoms with Crippen LogP contribution in [0.4, 0.5) is 0 Å². The number of aliphatic hydroxyl groups excluding tert-OH is 11. The Balaban J connectivity index is 1.32. The van der Waals surface area contributed by atoms with Crippen molar-refractivity contribution in [1.29, 1.82) is 0 Å². The Morgan fingerprint density at radius 2 is 0.633 bits per heavy atom. The standard InChI is InChI=1S/C90H159NO18/c1-3-5-7-9-11-13-15-17-19-21-23-25-27-29-30-31-32-33-34-35-36-37-38-39-40-41-42-44-46-48-50-52-54-56-58-60-62-64-66-68-78(96)91-73(74(95)67-65-63-61-59-57-55-53-51-49-47-45-43-28-26-24-22-20-18-16-14-12-10-8-6-4-2)72-104-88-84(102)81(99)86(76(70-93)106-88)109-90-85(103)82(100)87(77(71-94)107-90)108-89-83(101)80(98)79(97)75(69-92)105-89/h5,7,11,13,17,19,23,25,29-30,32-33,35-36,65,67,73-77,79-90,92-95,97-103H,3-4,6,8-10,12,14-16,18,20-22,24,26-28,31,34,37-64,66,68-72H2,1-2H3,(H,91,96)/b7-5-,13-11-,19-17-,25-23-,30-29-,33-32-,36-35-,67-65+. The van der Waals surface area contributed by atoms with Crippen molar-refractivity contribution in [2.45, 2.75) is 439 Å². The Morgan fingerprint density at radius 3 is 0.991 bits per heavy atom. The molecule has 109 heavy (non-hydrogen) atoms. The second-order valence-electron chi connectivity index (χ2n) is 31.0. The van der Waals surface area contributed by atoms with Crippen molar-refractivity contribution < 1.29 is 89.4 Å². The zero-order valence-corrected chi connectivity index (χ0v) is 68.0. The predicted octanol–water partition coefficient (Wildman–Crippen LogP) is 16.3. The quantitative estimate of drug-likeness (QED) is 0.0199. The molecule has 0 aromatic carbocycles. The fraction of sp³-hybridized carbons (Fsp3) is 0.811. The minimum absolute atomic E-state index is 0.241. The maximum Gasteiger partial charge on any atom is 0.220 e. The summed E-state index contributed by atoms with van der Waals surface area (Å²) in [4.78, 5) is 13.5. The highest BCUT2D eigenvalue weighted by Gasteiger charge is 2.54. The number of allylic oxidation sites excluding steroid dienone is 15. The van der Waals surface area contributed by atoms with Crippen LogP contribution in [0.5, 0.6) is 0 Å². The second kappa shape index (κ2) is 69.1. The number of rotatable bonds is 70. The smallest absolute Gasteiger partial charge is 0.220 e. The van der Waals surface area contributed by atoms with Crippen LogP contribution in [-0.4, -0.2) is 193 Å². The van der Waals surface area contributed by atoms with Gasteiger partial charge in [0.15, 0.2) is 18.9 Å². The molecule has 3 aliphatic heterocycles. The lowest BCUT2D eigenvalue weighted by Crippen LogP contribution is -2.66. The molecule has 3 fully saturated rings. The third-order valence-corrected chi connectivity index (χ3v) is 21.4. The molecule has 19 heteroatoms. The van der Waals surface area contributed by atoms with Gasteiger partial charge in [0, 0.05) is 6.42 Å². The summed E-state index contributed by atoms with van der Waals surface area (Å²) in [6.07, 6.45) is 68.3. The number of hydrogen-bond donors (Lipinski definition) is 12. The van der Waals surface area contributed by atoms with Gasteiger partial charge in [-0.15, -0.1) is 0 Å². The molecule has 0 aromatic rings. The minimum atomic E-state index is -1.98. The lowest BCUT2D eigenvalue weighted by molar-refractivity contribution is -0.379. The van der Waals surface area contributed by atoms with E-state index in [1.54, 1.807) is 6.08 Å². The van der Waals surface area contributed by atoms with Crippen LogP contribution >= 0.6 is 0 Å². The van der Waals surface area contributed by atoms with Gasteiger partial charge in [-0.25, -0.2) is 0 Å². The Labute approximate surface area is 660 Å². The molecule has 3 aliphatic rings. The molecule has 19 nitrogen and oxygen atoms in total. The Morgan fingerprint density at radius 1 is 0.339 bits per heavy atom. The van der Waals surface area contributed by atoms with Crippen molar-refractivity contribution in [2.24, 2.45) is 0 Å². The maximum absolute atomic E-state index is 13.5. The summed E-state index contributed by atoms with van der Waals surface area (Å²) in [5.74, 6) is -0.273. The summed E-state index contributed by atoms with van der Waals surface area (Å²) >= 11 is 0. The van der Waals surface area contributed by atoms with Crippen LogP contribution < -0.4 is 5.32 Å². The van der Waals surface area contributed by atoms with Crippen LogP contribution in [0.1, 0.15) is 335 Å². The number of amides is 1. The average Bonchev–Trinajstić information content (AvgIpc) is 0.759. The molecule has 0 bridgehead atoms. The van der Waals surface area contributed by atoms with Crippen molar-refractivity contribution in [1.82, 2.24) is 5.32 Å². The van der Waals surface area contributed by atoms with Crippen LogP contribution in [0.15, 0.2) is 97.2 Å². The molecule has 3 saturated heterocycles. The average molecular weight is 1540 g/mol. The number of nitrogens with one attached hydrogen (secondary N) is 1. The van der Waals surface area contributed by atoms with Crippen molar-refractivity contribution in [3.05, 3.63) is 97.2 Å². The first-order valence-corrected chi connectivity index (χ1v) is 44.0. The summed E-state index contributed by atoms with van der Waals surface area (Å²) < 4.78 is 34.5. The molecular formula is C90H159NO18. The highest BCUT2D eigenvalue weighted by Crippen LogP contribution is 2.33. The topological polar surface area (TPSA) is 307 Å². The monoisotopic (exact) mass is 1540 g/mol. The van der Waals surface area contributed by atoms with Gasteiger partial charge in [0.1, 0.15) is 73.2 Å². The number of aliphatic hydroxyl groups is 11. The van der Waals surface area contributed by atoms with Gasteiger partial charge in [0.25, 0.3) is 0 Å². The van der Waals surface area contributed by atoms with E-state index in [0.29, 0.717) is 6.42 Å². The van der Waals surface area contributed by atoms with E-state index < -0.39 is 124 Å². The Kier molecular flexibility index (Phi) is 63.3. The Bertz CT molecular complexity index is 2340. The third-order valence-electron chi connectivity index (χ3n) is 21.4. The Hall–Kier alpha value is -3.29. The molecule has 1 amide bonds. The summed E-state index contributed by atoms with van der Waals surface area (Å²) in [6, 6.07) is -0.979. The molecule has 17 unspecified atom stereocenters. The maximum atomic E-state index is 13.5. The molecule has 3 rings (SSSR count). The van der Waals surface area contributed by atoms with Crippen LogP contribution in [-0.2, 0) is 33.2 Å². The predicted molar refractivity (Wildman–Crippen MR) is 438 cm³/mol. The number of unbranched alkanes of at least 4 members (excludes halogenated alkanes) is 40. The summed E-state index contributed by atoms with van der Waals surface area (Å²) in [5, 5.41) is 121. The van der Waals surface area contributed by atoms with Crippen molar-refractivity contribution in [3.63, 3.8) is 0 Å². The molecular weight excluding hydrogens is 1380 g/mol. The zero-order valence-electron chi connectivity index (χ0n) is 68.0. The first-order chi connectivity index (χ1) is 53.3. The van der Waals surface area contributed by atoms with Gasteiger partial charge in [0.2, 0.25) is 5.91 Å². The normalized spacial score (nSPS) is 25.8. The molecule has 0 aliphatic carbocycles. The summed E-state index contributed by atoms with van der Waals surface area (Å²) in [7, 11) is 0.